The molecule has 0 atom stereocenters. The third kappa shape index (κ3) is 3.93. The Morgan fingerprint density at radius 1 is 1.08 bits per heavy atom. The van der Waals surface area contributed by atoms with E-state index in [-0.39, 0.29) is 12.4 Å². The lowest BCUT2D eigenvalue weighted by Gasteiger charge is -2.31. The quantitative estimate of drug-likeness (QED) is 0.407. The molecule has 0 bridgehead atoms. The molecular weight excluding hydrogens is 170 g/mol. The van der Waals surface area contributed by atoms with Crippen molar-refractivity contribution in [3.05, 3.63) is 24.9 Å². The Balaban J connectivity index is 0. The van der Waals surface area contributed by atoms with Crippen molar-refractivity contribution in [2.24, 2.45) is 0 Å². The van der Waals surface area contributed by atoms with Crippen molar-refractivity contribution in [3.63, 3.8) is 0 Å². The van der Waals surface area contributed by atoms with E-state index in [2.05, 4.69) is 33.6 Å². The fraction of sp³-hybridized carbons (Fsp3) is 0.600. The number of rotatable bonds is 5. The molecule has 0 aromatic carbocycles. The largest absolute Gasteiger partial charge is 1.00 e. The van der Waals surface area contributed by atoms with Gasteiger partial charge >= 0.3 is 0 Å². The lowest BCUT2D eigenvalue weighted by atomic mass is 10.3. The predicted octanol–water partition coefficient (Wildman–Crippen LogP) is -0.433. The van der Waals surface area contributed by atoms with Gasteiger partial charge in [-0.15, -0.1) is 0 Å². The van der Waals surface area contributed by atoms with Gasteiger partial charge in [-0.1, -0.05) is 12.7 Å². The smallest absolute Gasteiger partial charge is 0.0958 e. The molecule has 0 amide bonds. The molecule has 0 aromatic heterocycles. The van der Waals surface area contributed by atoms with E-state index >= 15 is 0 Å². The van der Waals surface area contributed by atoms with Crippen molar-refractivity contribution >= 4 is 0 Å². The van der Waals surface area contributed by atoms with E-state index < -0.39 is 0 Å². The molecule has 72 valence electrons. The topological polar surface area (TPSA) is 0 Å². The van der Waals surface area contributed by atoms with Crippen LogP contribution in [0.3, 0.4) is 0 Å². The summed E-state index contributed by atoms with van der Waals surface area (Å²) in [7, 11) is 0. The van der Waals surface area contributed by atoms with Gasteiger partial charge in [0, 0.05) is 0 Å². The van der Waals surface area contributed by atoms with Gasteiger partial charge in [-0.2, -0.15) is 0 Å². The van der Waals surface area contributed by atoms with Gasteiger partial charge < -0.3 is 12.4 Å². The number of hydrogen-bond acceptors (Lipinski definition) is 0. The van der Waals surface area contributed by atoms with Crippen LogP contribution in [0.15, 0.2) is 24.9 Å². The minimum absolute atomic E-state index is 0. The Morgan fingerprint density at radius 2 is 1.50 bits per heavy atom. The second kappa shape index (κ2) is 7.38. The molecule has 1 nitrogen and oxygen atoms in total. The fourth-order valence-corrected chi connectivity index (χ4v) is 1.23. The molecule has 0 saturated carbocycles. The predicted molar refractivity (Wildman–Crippen MR) is 51.2 cm³/mol. The molecule has 12 heavy (non-hydrogen) atoms. The maximum absolute atomic E-state index is 3.67. The third-order valence-corrected chi connectivity index (χ3v) is 2.43. The monoisotopic (exact) mass is 189 g/mol. The van der Waals surface area contributed by atoms with Crippen molar-refractivity contribution in [1.29, 1.82) is 0 Å². The molecule has 0 saturated heterocycles. The lowest BCUT2D eigenvalue weighted by Crippen LogP contribution is -3.00. The Bertz CT molecular complexity index is 129. The SMILES string of the molecule is C=CC=C[N+](CC)(CC)CC.[Cl-]. The highest BCUT2D eigenvalue weighted by Gasteiger charge is 2.15. The minimum Gasteiger partial charge on any atom is -1.00 e. The molecule has 0 aliphatic rings. The third-order valence-electron chi connectivity index (χ3n) is 2.43. The van der Waals surface area contributed by atoms with Crippen LogP contribution in [0.25, 0.3) is 0 Å². The zero-order valence-electron chi connectivity index (χ0n) is 8.39. The number of halogens is 1. The highest BCUT2D eigenvalue weighted by Crippen LogP contribution is 2.06. The minimum atomic E-state index is 0. The molecule has 0 N–H and O–H groups in total. The highest BCUT2D eigenvalue weighted by atomic mass is 35.5. The molecule has 0 heterocycles. The van der Waals surface area contributed by atoms with Crippen LogP contribution in [0.4, 0.5) is 0 Å². The van der Waals surface area contributed by atoms with E-state index in [0.717, 1.165) is 24.1 Å². The molecule has 0 unspecified atom stereocenters. The summed E-state index contributed by atoms with van der Waals surface area (Å²) < 4.78 is 1.06. The van der Waals surface area contributed by atoms with E-state index in [9.17, 15) is 0 Å². The zero-order chi connectivity index (χ0) is 8.74. The van der Waals surface area contributed by atoms with Gasteiger partial charge in [0.15, 0.2) is 0 Å². The molecular formula is C10H20ClN. The van der Waals surface area contributed by atoms with E-state index in [1.807, 2.05) is 12.2 Å². The maximum atomic E-state index is 3.67. The van der Waals surface area contributed by atoms with Crippen molar-refractivity contribution in [3.8, 4) is 0 Å². The van der Waals surface area contributed by atoms with Crippen LogP contribution in [0.2, 0.25) is 0 Å². The molecule has 0 spiro atoms. The van der Waals surface area contributed by atoms with E-state index in [4.69, 9.17) is 0 Å². The number of nitrogens with zero attached hydrogens (tertiary/aromatic N) is 1. The molecule has 0 rings (SSSR count). The van der Waals surface area contributed by atoms with Gasteiger partial charge in [0.05, 0.1) is 25.8 Å². The van der Waals surface area contributed by atoms with Crippen LogP contribution in [0.5, 0.6) is 0 Å². The summed E-state index contributed by atoms with van der Waals surface area (Å²) in [6, 6.07) is 0. The second-order valence-electron chi connectivity index (χ2n) is 2.74. The summed E-state index contributed by atoms with van der Waals surface area (Å²) in [5.41, 5.74) is 0. The maximum Gasteiger partial charge on any atom is 0.0958 e. The first-order valence-corrected chi connectivity index (χ1v) is 4.40. The van der Waals surface area contributed by atoms with Gasteiger partial charge in [-0.05, 0) is 26.8 Å². The summed E-state index contributed by atoms with van der Waals surface area (Å²) in [4.78, 5) is 0. The standard InChI is InChI=1S/C10H20N.ClH/c1-5-9-10-11(6-2,7-3)8-4;/h5,9-10H,1,6-8H2,2-4H3;1H/q+1;/p-1. The summed E-state index contributed by atoms with van der Waals surface area (Å²) in [5, 5.41) is 0. The second-order valence-corrected chi connectivity index (χ2v) is 2.74. The molecule has 0 aliphatic heterocycles. The van der Waals surface area contributed by atoms with Gasteiger partial charge in [-0.25, -0.2) is 0 Å². The first kappa shape index (κ1) is 14.3. The van der Waals surface area contributed by atoms with Crippen LogP contribution < -0.4 is 12.4 Å². The Labute approximate surface area is 82.8 Å². The number of hydrogen-bond donors (Lipinski definition) is 0. The van der Waals surface area contributed by atoms with Crippen LogP contribution in [-0.4, -0.2) is 24.1 Å². The Morgan fingerprint density at radius 3 is 1.75 bits per heavy atom. The molecule has 0 radical (unpaired) electrons. The summed E-state index contributed by atoms with van der Waals surface area (Å²) >= 11 is 0. The van der Waals surface area contributed by atoms with Gasteiger partial charge in [-0.3, -0.25) is 4.48 Å². The van der Waals surface area contributed by atoms with Crippen LogP contribution >= 0.6 is 0 Å². The summed E-state index contributed by atoms with van der Waals surface area (Å²) in [6.45, 7) is 13.8. The Hall–Kier alpha value is -0.270. The zero-order valence-corrected chi connectivity index (χ0v) is 9.14. The van der Waals surface area contributed by atoms with Crippen molar-refractivity contribution in [2.75, 3.05) is 19.6 Å². The summed E-state index contributed by atoms with van der Waals surface area (Å²) in [5.74, 6) is 0. The normalized spacial score (nSPS) is 11.2. The first-order chi connectivity index (χ1) is 5.24. The molecule has 0 fully saturated rings. The fourth-order valence-electron chi connectivity index (χ4n) is 1.23. The average molecular weight is 190 g/mol. The Kier molecular flexibility index (Phi) is 8.78. The van der Waals surface area contributed by atoms with Crippen LogP contribution in [0.1, 0.15) is 20.8 Å². The summed E-state index contributed by atoms with van der Waals surface area (Å²) in [6.07, 6.45) is 6.11. The van der Waals surface area contributed by atoms with Gasteiger partial charge in [0.1, 0.15) is 0 Å². The van der Waals surface area contributed by atoms with Crippen LogP contribution in [-0.2, 0) is 0 Å². The molecule has 2 heteroatoms. The first-order valence-electron chi connectivity index (χ1n) is 4.40. The van der Waals surface area contributed by atoms with Gasteiger partial charge in [0.25, 0.3) is 0 Å². The van der Waals surface area contributed by atoms with E-state index in [1.54, 1.807) is 0 Å². The lowest BCUT2D eigenvalue weighted by molar-refractivity contribution is -0.874. The van der Waals surface area contributed by atoms with Crippen molar-refractivity contribution in [2.45, 2.75) is 20.8 Å². The molecule has 0 aromatic rings. The number of allylic oxidation sites excluding steroid dienone is 2. The van der Waals surface area contributed by atoms with Crippen molar-refractivity contribution < 1.29 is 16.9 Å². The average Bonchev–Trinajstić information content (AvgIpc) is 2.08. The highest BCUT2D eigenvalue weighted by molar-refractivity contribution is 4.93. The van der Waals surface area contributed by atoms with E-state index in [1.165, 1.54) is 0 Å². The van der Waals surface area contributed by atoms with E-state index in [0.29, 0.717) is 0 Å². The number of quaternary nitrogens is 1. The van der Waals surface area contributed by atoms with Gasteiger partial charge in [0.2, 0.25) is 0 Å². The molecule has 0 aliphatic carbocycles. The van der Waals surface area contributed by atoms with Crippen LogP contribution in [0, 0.1) is 0 Å². The van der Waals surface area contributed by atoms with Crippen molar-refractivity contribution in [1.82, 2.24) is 0 Å².